The number of imidazole rings is 1. The molecule has 2 aliphatic rings. The molecule has 0 unspecified atom stereocenters. The SMILES string of the molecule is COc1ccc(-c2ccn3ccnc3c2)c2c1CC(NC(=O)N1CCC(C)(O)CC1)=N2. The Bertz CT molecular complexity index is 1190. The number of aliphatic imine (C=N–C) groups is 1. The van der Waals surface area contributed by atoms with E-state index in [0.29, 0.717) is 38.2 Å². The second-order valence-electron chi connectivity index (χ2n) is 8.40. The number of carbonyl (C=O) groups excluding carboxylic acids is 1. The zero-order chi connectivity index (χ0) is 21.6. The summed E-state index contributed by atoms with van der Waals surface area (Å²) in [6, 6.07) is 7.81. The molecular formula is C23H25N5O3. The number of hydrogen-bond donors (Lipinski definition) is 2. The molecule has 5 rings (SSSR count). The fourth-order valence-electron chi connectivity index (χ4n) is 4.23. The number of aromatic nitrogens is 2. The summed E-state index contributed by atoms with van der Waals surface area (Å²) in [7, 11) is 1.64. The number of nitrogens with zero attached hydrogens (tertiary/aromatic N) is 4. The van der Waals surface area contributed by atoms with Crippen molar-refractivity contribution in [3.8, 4) is 16.9 Å². The maximum atomic E-state index is 12.8. The molecular weight excluding hydrogens is 394 g/mol. The van der Waals surface area contributed by atoms with Gasteiger partial charge < -0.3 is 19.1 Å². The summed E-state index contributed by atoms with van der Waals surface area (Å²) in [5, 5.41) is 13.1. The van der Waals surface area contributed by atoms with Gasteiger partial charge in [0.1, 0.15) is 17.2 Å². The number of nitrogens with one attached hydrogen (secondary N) is 1. The number of amidine groups is 1. The van der Waals surface area contributed by atoms with Gasteiger partial charge >= 0.3 is 6.03 Å². The highest BCUT2D eigenvalue weighted by Crippen LogP contribution is 2.42. The Morgan fingerprint density at radius 2 is 2.03 bits per heavy atom. The number of pyridine rings is 1. The molecule has 4 heterocycles. The number of aliphatic hydroxyl groups is 1. The van der Waals surface area contributed by atoms with E-state index in [2.05, 4.69) is 10.3 Å². The topological polar surface area (TPSA) is 91.5 Å². The fourth-order valence-corrected chi connectivity index (χ4v) is 4.23. The molecule has 1 aromatic carbocycles. The van der Waals surface area contributed by atoms with Crippen molar-refractivity contribution >= 4 is 23.2 Å². The monoisotopic (exact) mass is 419 g/mol. The summed E-state index contributed by atoms with van der Waals surface area (Å²) < 4.78 is 7.51. The van der Waals surface area contributed by atoms with Crippen molar-refractivity contribution < 1.29 is 14.6 Å². The van der Waals surface area contributed by atoms with Gasteiger partial charge in [0.25, 0.3) is 0 Å². The van der Waals surface area contributed by atoms with Crippen LogP contribution in [-0.4, -0.2) is 57.1 Å². The number of benzene rings is 1. The number of ether oxygens (including phenoxy) is 1. The van der Waals surface area contributed by atoms with Crippen LogP contribution in [0.5, 0.6) is 5.75 Å². The molecule has 0 radical (unpaired) electrons. The van der Waals surface area contributed by atoms with Crippen LogP contribution < -0.4 is 10.1 Å². The van der Waals surface area contributed by atoms with Crippen molar-refractivity contribution in [2.75, 3.05) is 20.2 Å². The van der Waals surface area contributed by atoms with E-state index in [1.165, 1.54) is 0 Å². The number of methoxy groups -OCH3 is 1. The molecule has 0 bridgehead atoms. The number of urea groups is 1. The Hall–Kier alpha value is -3.39. The van der Waals surface area contributed by atoms with Gasteiger partial charge in [-0.1, -0.05) is 0 Å². The summed E-state index contributed by atoms with van der Waals surface area (Å²) in [4.78, 5) is 23.6. The van der Waals surface area contributed by atoms with E-state index in [1.54, 1.807) is 18.2 Å². The largest absolute Gasteiger partial charge is 0.496 e. The van der Waals surface area contributed by atoms with E-state index in [9.17, 15) is 9.90 Å². The minimum absolute atomic E-state index is 0.179. The Labute approximate surface area is 180 Å². The molecule has 8 nitrogen and oxygen atoms in total. The number of fused-ring (bicyclic) bond motifs is 2. The molecule has 0 aliphatic carbocycles. The quantitative estimate of drug-likeness (QED) is 0.668. The number of amides is 2. The average molecular weight is 419 g/mol. The van der Waals surface area contributed by atoms with Crippen molar-refractivity contribution in [3.63, 3.8) is 0 Å². The minimum Gasteiger partial charge on any atom is -0.496 e. The van der Waals surface area contributed by atoms with Crippen LogP contribution in [0, 0.1) is 0 Å². The first-order chi connectivity index (χ1) is 14.9. The van der Waals surface area contributed by atoms with Gasteiger partial charge in [-0.15, -0.1) is 0 Å². The summed E-state index contributed by atoms with van der Waals surface area (Å²) >= 11 is 0. The third-order valence-corrected chi connectivity index (χ3v) is 6.14. The Morgan fingerprint density at radius 1 is 1.23 bits per heavy atom. The minimum atomic E-state index is -0.698. The van der Waals surface area contributed by atoms with Crippen LogP contribution in [0.15, 0.2) is 47.8 Å². The van der Waals surface area contributed by atoms with Crippen molar-refractivity contribution in [1.29, 1.82) is 0 Å². The zero-order valence-electron chi connectivity index (χ0n) is 17.6. The summed E-state index contributed by atoms with van der Waals surface area (Å²) in [6.45, 7) is 2.87. The normalized spacial score (nSPS) is 17.4. The highest BCUT2D eigenvalue weighted by atomic mass is 16.5. The summed E-state index contributed by atoms with van der Waals surface area (Å²) in [5.41, 5.74) is 3.91. The second-order valence-corrected chi connectivity index (χ2v) is 8.40. The smallest absolute Gasteiger partial charge is 0.322 e. The van der Waals surface area contributed by atoms with Crippen LogP contribution in [-0.2, 0) is 6.42 Å². The van der Waals surface area contributed by atoms with Crippen molar-refractivity contribution in [2.24, 2.45) is 4.99 Å². The lowest BCUT2D eigenvalue weighted by Crippen LogP contribution is -2.50. The van der Waals surface area contributed by atoms with Crippen molar-refractivity contribution in [1.82, 2.24) is 19.6 Å². The van der Waals surface area contributed by atoms with Gasteiger partial charge in [0, 0.05) is 49.2 Å². The first-order valence-corrected chi connectivity index (χ1v) is 10.4. The molecule has 2 aromatic heterocycles. The Morgan fingerprint density at radius 3 is 2.81 bits per heavy atom. The van der Waals surface area contributed by atoms with Gasteiger partial charge in [-0.2, -0.15) is 0 Å². The highest BCUT2D eigenvalue weighted by Gasteiger charge is 2.31. The lowest BCUT2D eigenvalue weighted by Gasteiger charge is -2.35. The zero-order valence-corrected chi connectivity index (χ0v) is 17.6. The molecule has 0 spiro atoms. The van der Waals surface area contributed by atoms with Gasteiger partial charge in [0.15, 0.2) is 0 Å². The second kappa shape index (κ2) is 7.39. The van der Waals surface area contributed by atoms with Crippen LogP contribution in [0.4, 0.5) is 10.5 Å². The predicted octanol–water partition coefficient (Wildman–Crippen LogP) is 3.15. The van der Waals surface area contributed by atoms with Gasteiger partial charge in [0.05, 0.1) is 18.4 Å². The average Bonchev–Trinajstić information content (AvgIpc) is 3.39. The van der Waals surface area contributed by atoms with Crippen LogP contribution in [0.1, 0.15) is 25.3 Å². The van der Waals surface area contributed by atoms with E-state index < -0.39 is 5.60 Å². The lowest BCUT2D eigenvalue weighted by atomic mass is 9.94. The van der Waals surface area contributed by atoms with Gasteiger partial charge in [-0.3, -0.25) is 5.32 Å². The highest BCUT2D eigenvalue weighted by molar-refractivity contribution is 6.05. The molecule has 8 heteroatoms. The van der Waals surface area contributed by atoms with Gasteiger partial charge in [-0.25, -0.2) is 14.8 Å². The molecule has 2 N–H and O–H groups in total. The van der Waals surface area contributed by atoms with E-state index in [-0.39, 0.29) is 6.03 Å². The predicted molar refractivity (Wildman–Crippen MR) is 118 cm³/mol. The first-order valence-electron chi connectivity index (χ1n) is 10.4. The third-order valence-electron chi connectivity index (χ3n) is 6.14. The van der Waals surface area contributed by atoms with Crippen molar-refractivity contribution in [2.45, 2.75) is 31.8 Å². The number of rotatable bonds is 2. The van der Waals surface area contributed by atoms with Crippen LogP contribution in [0.2, 0.25) is 0 Å². The number of carbonyl (C=O) groups is 1. The Balaban J connectivity index is 1.42. The summed E-state index contributed by atoms with van der Waals surface area (Å²) in [6.07, 6.45) is 7.28. The number of piperidine rings is 1. The Kier molecular flexibility index (Phi) is 4.66. The number of likely N-dealkylation sites (tertiary alicyclic amines) is 1. The van der Waals surface area contributed by atoms with E-state index in [0.717, 1.165) is 33.8 Å². The van der Waals surface area contributed by atoms with Crippen LogP contribution >= 0.6 is 0 Å². The third kappa shape index (κ3) is 3.63. The van der Waals surface area contributed by atoms with E-state index >= 15 is 0 Å². The van der Waals surface area contributed by atoms with Crippen LogP contribution in [0.3, 0.4) is 0 Å². The van der Waals surface area contributed by atoms with Gasteiger partial charge in [-0.05, 0) is 49.6 Å². The van der Waals surface area contributed by atoms with E-state index in [4.69, 9.17) is 9.73 Å². The molecule has 0 atom stereocenters. The first kappa shape index (κ1) is 19.6. The molecule has 1 fully saturated rings. The number of hydrogen-bond acceptors (Lipinski definition) is 5. The van der Waals surface area contributed by atoms with Crippen LogP contribution in [0.25, 0.3) is 16.8 Å². The van der Waals surface area contributed by atoms with Gasteiger partial charge in [0.2, 0.25) is 0 Å². The molecule has 0 saturated carbocycles. The molecule has 1 saturated heterocycles. The molecule has 160 valence electrons. The van der Waals surface area contributed by atoms with E-state index in [1.807, 2.05) is 48.0 Å². The maximum absolute atomic E-state index is 12.8. The molecule has 2 aliphatic heterocycles. The molecule has 2 amide bonds. The molecule has 31 heavy (non-hydrogen) atoms. The van der Waals surface area contributed by atoms with Crippen molar-refractivity contribution in [3.05, 3.63) is 48.4 Å². The fraction of sp³-hybridized carbons (Fsp3) is 0.348. The molecule has 3 aromatic rings. The maximum Gasteiger partial charge on any atom is 0.322 e. The lowest BCUT2D eigenvalue weighted by molar-refractivity contribution is 0.00483. The summed E-state index contributed by atoms with van der Waals surface area (Å²) in [5.74, 6) is 1.35. The standard InChI is InChI=1S/C23H25N5O3/c1-23(30)6-10-28(11-7-23)22(29)26-19-14-17-18(31-2)4-3-16(21(17)25-19)15-5-9-27-12-8-24-20(27)13-15/h3-5,8-9,12-13,30H,6-7,10-11,14H2,1-2H3,(H,25,26,29).